The van der Waals surface area contributed by atoms with Crippen LogP contribution in [0, 0.1) is 0 Å². The van der Waals surface area contributed by atoms with Crippen LogP contribution in [0.25, 0.3) is 0 Å². The third-order valence-corrected chi connectivity index (χ3v) is 2.38. The van der Waals surface area contributed by atoms with Gasteiger partial charge in [-0.1, -0.05) is 0 Å². The van der Waals surface area contributed by atoms with Crippen LogP contribution in [-0.4, -0.2) is 47.8 Å². The number of hydrogen-bond acceptors (Lipinski definition) is 8. The van der Waals surface area contributed by atoms with E-state index in [0.717, 1.165) is 20.3 Å². The molecule has 0 bridgehead atoms. The van der Waals surface area contributed by atoms with Crippen LogP contribution in [0.5, 0.6) is 5.75 Å². The molecule has 0 spiro atoms. The van der Waals surface area contributed by atoms with E-state index < -0.39 is 40.6 Å². The Morgan fingerprint density at radius 3 is 2.00 bits per heavy atom. The van der Waals surface area contributed by atoms with Crippen molar-refractivity contribution in [1.29, 1.82) is 0 Å². The molecular weight excluding hydrogens is 294 g/mol. The molecule has 0 saturated carbocycles. The maximum absolute atomic E-state index is 12.0. The lowest BCUT2D eigenvalue weighted by Crippen LogP contribution is -2.25. The van der Waals surface area contributed by atoms with Gasteiger partial charge in [-0.2, -0.15) is 0 Å². The second-order valence-corrected chi connectivity index (χ2v) is 5.24. The molecule has 22 heavy (non-hydrogen) atoms. The largest absolute Gasteiger partial charge is 0.505 e. The van der Waals surface area contributed by atoms with Crippen molar-refractivity contribution in [3.63, 3.8) is 0 Å². The number of aromatic hydroxyl groups is 1. The van der Waals surface area contributed by atoms with Crippen molar-refractivity contribution >= 4 is 17.9 Å². The van der Waals surface area contributed by atoms with Gasteiger partial charge < -0.3 is 19.3 Å². The summed E-state index contributed by atoms with van der Waals surface area (Å²) >= 11 is 0. The Morgan fingerprint density at radius 1 is 1.00 bits per heavy atom. The molecule has 8 nitrogen and oxygen atoms in total. The summed E-state index contributed by atoms with van der Waals surface area (Å²) in [6, 6.07) is 0.907. The van der Waals surface area contributed by atoms with Crippen molar-refractivity contribution in [3.8, 4) is 5.75 Å². The molecule has 8 heteroatoms. The highest BCUT2D eigenvalue weighted by Crippen LogP contribution is 2.23. The smallest absolute Gasteiger partial charge is 0.361 e. The van der Waals surface area contributed by atoms with Gasteiger partial charge in [-0.05, 0) is 26.8 Å². The van der Waals surface area contributed by atoms with Gasteiger partial charge in [0.25, 0.3) is 0 Å². The number of methoxy groups -OCH3 is 2. The summed E-state index contributed by atoms with van der Waals surface area (Å²) in [5.74, 6) is -3.40. The first kappa shape index (κ1) is 17.4. The summed E-state index contributed by atoms with van der Waals surface area (Å²) in [6.45, 7) is 4.89. The van der Waals surface area contributed by atoms with E-state index in [1.54, 1.807) is 20.8 Å². The van der Waals surface area contributed by atoms with E-state index in [1.807, 2.05) is 0 Å². The number of aromatic nitrogens is 1. The second kappa shape index (κ2) is 6.42. The third-order valence-electron chi connectivity index (χ3n) is 2.38. The minimum absolute atomic E-state index is 0.320. The standard InChI is InChI=1S/C14H17NO7/c1-14(2,3)22-13(19)10-8(16)6-7(11(17)20-4)9(15-10)12(18)21-5/h6,16H,1-5H3. The fourth-order valence-corrected chi connectivity index (χ4v) is 1.50. The molecule has 120 valence electrons. The Bertz CT molecular complexity index is 616. The SMILES string of the molecule is COC(=O)c1cc(O)c(C(=O)OC(C)(C)C)nc1C(=O)OC. The van der Waals surface area contributed by atoms with Crippen molar-refractivity contribution in [2.24, 2.45) is 0 Å². The molecule has 1 rings (SSSR count). The monoisotopic (exact) mass is 311 g/mol. The van der Waals surface area contributed by atoms with E-state index in [2.05, 4.69) is 14.5 Å². The molecule has 1 N–H and O–H groups in total. The van der Waals surface area contributed by atoms with Crippen LogP contribution < -0.4 is 0 Å². The molecule has 1 aromatic heterocycles. The average Bonchev–Trinajstić information content (AvgIpc) is 2.43. The first-order valence-corrected chi connectivity index (χ1v) is 6.24. The van der Waals surface area contributed by atoms with Crippen LogP contribution in [0.2, 0.25) is 0 Å². The molecule has 0 aliphatic carbocycles. The zero-order chi connectivity index (χ0) is 17.1. The highest BCUT2D eigenvalue weighted by Gasteiger charge is 2.28. The molecule has 0 fully saturated rings. The third kappa shape index (κ3) is 3.94. The number of ether oxygens (including phenoxy) is 3. The lowest BCUT2D eigenvalue weighted by Gasteiger charge is -2.19. The maximum atomic E-state index is 12.0. The molecule has 0 radical (unpaired) electrons. The number of nitrogens with zero attached hydrogens (tertiary/aromatic N) is 1. The Labute approximate surface area is 127 Å². The van der Waals surface area contributed by atoms with Crippen LogP contribution in [0.3, 0.4) is 0 Å². The van der Waals surface area contributed by atoms with Gasteiger partial charge in [0.15, 0.2) is 11.4 Å². The van der Waals surface area contributed by atoms with Gasteiger partial charge in [0.05, 0.1) is 19.8 Å². The van der Waals surface area contributed by atoms with Gasteiger partial charge in [0.1, 0.15) is 11.4 Å². The van der Waals surface area contributed by atoms with E-state index in [1.165, 1.54) is 0 Å². The Balaban J connectivity index is 3.41. The summed E-state index contributed by atoms with van der Waals surface area (Å²) in [6.07, 6.45) is 0. The summed E-state index contributed by atoms with van der Waals surface area (Å²) in [5, 5.41) is 9.86. The first-order chi connectivity index (χ1) is 10.1. The predicted octanol–water partition coefficient (Wildman–Crippen LogP) is 1.32. The van der Waals surface area contributed by atoms with Gasteiger partial charge in [0.2, 0.25) is 0 Å². The van der Waals surface area contributed by atoms with Crippen LogP contribution in [0.4, 0.5) is 0 Å². The topological polar surface area (TPSA) is 112 Å². The first-order valence-electron chi connectivity index (χ1n) is 6.24. The molecule has 0 aliphatic heterocycles. The quantitative estimate of drug-likeness (QED) is 0.657. The van der Waals surface area contributed by atoms with E-state index in [0.29, 0.717) is 0 Å². The highest BCUT2D eigenvalue weighted by atomic mass is 16.6. The molecular formula is C14H17NO7. The molecule has 0 aliphatic rings. The van der Waals surface area contributed by atoms with Crippen LogP contribution in [0.15, 0.2) is 6.07 Å². The minimum atomic E-state index is -0.954. The fourth-order valence-electron chi connectivity index (χ4n) is 1.50. The average molecular weight is 311 g/mol. The molecule has 0 amide bonds. The maximum Gasteiger partial charge on any atom is 0.361 e. The summed E-state index contributed by atoms with van der Waals surface area (Å²) in [5.41, 5.74) is -2.09. The summed E-state index contributed by atoms with van der Waals surface area (Å²) < 4.78 is 14.1. The highest BCUT2D eigenvalue weighted by molar-refractivity contribution is 6.03. The van der Waals surface area contributed by atoms with E-state index >= 15 is 0 Å². The lowest BCUT2D eigenvalue weighted by atomic mass is 10.1. The number of esters is 3. The number of pyridine rings is 1. The van der Waals surface area contributed by atoms with Crippen molar-refractivity contribution in [2.75, 3.05) is 14.2 Å². The van der Waals surface area contributed by atoms with Crippen molar-refractivity contribution in [3.05, 3.63) is 23.0 Å². The molecule has 0 aromatic carbocycles. The minimum Gasteiger partial charge on any atom is -0.505 e. The van der Waals surface area contributed by atoms with Gasteiger partial charge in [0, 0.05) is 0 Å². The van der Waals surface area contributed by atoms with Gasteiger partial charge in [-0.15, -0.1) is 0 Å². The number of carbonyl (C=O) groups is 3. The zero-order valence-electron chi connectivity index (χ0n) is 12.9. The Morgan fingerprint density at radius 2 is 1.55 bits per heavy atom. The molecule has 1 aromatic rings. The number of rotatable bonds is 3. The van der Waals surface area contributed by atoms with Crippen molar-refractivity contribution in [2.45, 2.75) is 26.4 Å². The lowest BCUT2D eigenvalue weighted by molar-refractivity contribution is 0.00590. The van der Waals surface area contributed by atoms with Crippen molar-refractivity contribution < 1.29 is 33.7 Å². The van der Waals surface area contributed by atoms with Gasteiger partial charge >= 0.3 is 17.9 Å². The van der Waals surface area contributed by atoms with E-state index in [9.17, 15) is 19.5 Å². The molecule has 1 heterocycles. The van der Waals surface area contributed by atoms with E-state index in [4.69, 9.17) is 4.74 Å². The predicted molar refractivity (Wildman–Crippen MR) is 73.7 cm³/mol. The molecule has 0 saturated heterocycles. The Kier molecular flexibility index (Phi) is 5.08. The number of hydrogen-bond donors (Lipinski definition) is 1. The molecule has 0 unspecified atom stereocenters. The van der Waals surface area contributed by atoms with E-state index in [-0.39, 0.29) is 5.56 Å². The Hall–Kier alpha value is -2.64. The van der Waals surface area contributed by atoms with Gasteiger partial charge in [-0.25, -0.2) is 19.4 Å². The van der Waals surface area contributed by atoms with Crippen LogP contribution in [0.1, 0.15) is 52.1 Å². The van der Waals surface area contributed by atoms with Crippen molar-refractivity contribution in [1.82, 2.24) is 4.98 Å². The number of carbonyl (C=O) groups excluding carboxylic acids is 3. The molecule has 0 atom stereocenters. The zero-order valence-corrected chi connectivity index (χ0v) is 12.9. The van der Waals surface area contributed by atoms with Crippen LogP contribution >= 0.6 is 0 Å². The second-order valence-electron chi connectivity index (χ2n) is 5.24. The summed E-state index contributed by atoms with van der Waals surface area (Å²) in [7, 11) is 2.19. The van der Waals surface area contributed by atoms with Gasteiger partial charge in [-0.3, -0.25) is 0 Å². The van der Waals surface area contributed by atoms with Crippen LogP contribution in [-0.2, 0) is 14.2 Å². The summed E-state index contributed by atoms with van der Waals surface area (Å²) in [4.78, 5) is 39.0. The fraction of sp³-hybridized carbons (Fsp3) is 0.429. The normalized spacial score (nSPS) is 10.8.